The lowest BCUT2D eigenvalue weighted by Crippen LogP contribution is -2.08. The van der Waals surface area contributed by atoms with Gasteiger partial charge in [0.05, 0.1) is 0 Å². The van der Waals surface area contributed by atoms with Gasteiger partial charge in [-0.1, -0.05) is 6.92 Å². The van der Waals surface area contributed by atoms with Gasteiger partial charge < -0.3 is 9.88 Å². The average Bonchev–Trinajstić information content (AvgIpc) is 2.87. The van der Waals surface area contributed by atoms with Crippen molar-refractivity contribution in [2.24, 2.45) is 0 Å². The highest BCUT2D eigenvalue weighted by Crippen LogP contribution is 2.24. The third-order valence-corrected chi connectivity index (χ3v) is 2.91. The molecule has 5 heteroatoms. The molecule has 2 rings (SSSR count). The number of imidazole rings is 1. The summed E-state index contributed by atoms with van der Waals surface area (Å²) >= 11 is 0. The Morgan fingerprint density at radius 1 is 1.17 bits per heavy atom. The Balaban J connectivity index is 2.53. The van der Waals surface area contributed by atoms with Gasteiger partial charge in [-0.05, 0) is 20.3 Å². The second-order valence-corrected chi connectivity index (χ2v) is 3.97. The molecule has 0 aliphatic carbocycles. The van der Waals surface area contributed by atoms with Crippen LogP contribution in [0.15, 0.2) is 18.7 Å². The Kier molecular flexibility index (Phi) is 3.92. The maximum absolute atomic E-state index is 4.41. The van der Waals surface area contributed by atoms with Crippen LogP contribution in [0, 0.1) is 0 Å². The summed E-state index contributed by atoms with van der Waals surface area (Å²) in [6.07, 6.45) is 6.27. The Hall–Kier alpha value is -1.91. The summed E-state index contributed by atoms with van der Waals surface area (Å²) in [7, 11) is 0. The maximum atomic E-state index is 4.41. The first kappa shape index (κ1) is 12.5. The molecule has 0 saturated heterocycles. The average molecular weight is 245 g/mol. The number of anilines is 1. The third-order valence-electron chi connectivity index (χ3n) is 2.91. The summed E-state index contributed by atoms with van der Waals surface area (Å²) in [4.78, 5) is 13.1. The number of nitrogens with zero attached hydrogens (tertiary/aromatic N) is 4. The highest BCUT2D eigenvalue weighted by atomic mass is 15.1. The molecule has 0 aliphatic rings. The molecule has 1 N–H and O–H groups in total. The van der Waals surface area contributed by atoms with E-state index < -0.39 is 0 Å². The molecule has 0 amide bonds. The van der Waals surface area contributed by atoms with Crippen LogP contribution < -0.4 is 5.32 Å². The lowest BCUT2D eigenvalue weighted by Gasteiger charge is -2.12. The van der Waals surface area contributed by atoms with E-state index in [2.05, 4.69) is 45.6 Å². The van der Waals surface area contributed by atoms with Gasteiger partial charge in [-0.25, -0.2) is 15.0 Å². The normalized spacial score (nSPS) is 10.6. The molecule has 2 aromatic heterocycles. The van der Waals surface area contributed by atoms with Crippen LogP contribution in [0.4, 0.5) is 5.82 Å². The Morgan fingerprint density at radius 2 is 2.00 bits per heavy atom. The first-order chi connectivity index (χ1) is 8.81. The van der Waals surface area contributed by atoms with Crippen LogP contribution >= 0.6 is 0 Å². The summed E-state index contributed by atoms with van der Waals surface area (Å²) in [6.45, 7) is 8.02. The smallest absolute Gasteiger partial charge is 0.159 e. The molecule has 18 heavy (non-hydrogen) atoms. The molecule has 5 nitrogen and oxygen atoms in total. The van der Waals surface area contributed by atoms with Crippen molar-refractivity contribution in [2.75, 3.05) is 11.9 Å². The number of aryl methyl sites for hydroxylation is 1. The van der Waals surface area contributed by atoms with Gasteiger partial charge in [-0.3, -0.25) is 0 Å². The SMILES string of the molecule is CCNc1ncnc(-c2nccn2CC)c1CC. The zero-order valence-electron chi connectivity index (χ0n) is 11.1. The first-order valence-electron chi connectivity index (χ1n) is 6.41. The minimum atomic E-state index is 0.853. The highest BCUT2D eigenvalue weighted by Gasteiger charge is 2.14. The van der Waals surface area contributed by atoms with Gasteiger partial charge in [0.2, 0.25) is 0 Å². The van der Waals surface area contributed by atoms with Crippen LogP contribution in [0.1, 0.15) is 26.3 Å². The van der Waals surface area contributed by atoms with E-state index >= 15 is 0 Å². The van der Waals surface area contributed by atoms with Crippen LogP contribution in [0.25, 0.3) is 11.5 Å². The molecule has 0 fully saturated rings. The largest absolute Gasteiger partial charge is 0.370 e. The number of hydrogen-bond acceptors (Lipinski definition) is 4. The standard InChI is InChI=1S/C13H19N5/c1-4-10-11(13-15-7-8-18(13)6-3)16-9-17-12(10)14-5-2/h7-9H,4-6H2,1-3H3,(H,14,16,17). The van der Waals surface area contributed by atoms with E-state index in [1.54, 1.807) is 6.33 Å². The van der Waals surface area contributed by atoms with Gasteiger partial charge in [-0.2, -0.15) is 0 Å². The van der Waals surface area contributed by atoms with Gasteiger partial charge in [0.15, 0.2) is 5.82 Å². The molecule has 96 valence electrons. The van der Waals surface area contributed by atoms with Gasteiger partial charge in [0.1, 0.15) is 17.8 Å². The molecule has 0 radical (unpaired) electrons. The molecule has 0 saturated carbocycles. The third kappa shape index (κ3) is 2.20. The van der Waals surface area contributed by atoms with E-state index in [0.717, 1.165) is 42.4 Å². The van der Waals surface area contributed by atoms with E-state index in [1.165, 1.54) is 0 Å². The van der Waals surface area contributed by atoms with Gasteiger partial charge in [-0.15, -0.1) is 0 Å². The van der Waals surface area contributed by atoms with Crippen LogP contribution in [0.3, 0.4) is 0 Å². The van der Waals surface area contributed by atoms with Crippen LogP contribution in [-0.4, -0.2) is 26.1 Å². The lowest BCUT2D eigenvalue weighted by molar-refractivity contribution is 0.765. The predicted molar refractivity (Wildman–Crippen MR) is 72.5 cm³/mol. The zero-order valence-corrected chi connectivity index (χ0v) is 11.1. The molecule has 0 spiro atoms. The second kappa shape index (κ2) is 5.62. The summed E-state index contributed by atoms with van der Waals surface area (Å²) in [5, 5.41) is 3.28. The number of aromatic nitrogens is 4. The van der Waals surface area contributed by atoms with Crippen molar-refractivity contribution in [2.45, 2.75) is 33.7 Å². The lowest BCUT2D eigenvalue weighted by atomic mass is 10.1. The van der Waals surface area contributed by atoms with Crippen molar-refractivity contribution in [1.82, 2.24) is 19.5 Å². The van der Waals surface area contributed by atoms with Gasteiger partial charge >= 0.3 is 0 Å². The fourth-order valence-electron chi connectivity index (χ4n) is 2.04. The van der Waals surface area contributed by atoms with Gasteiger partial charge in [0.25, 0.3) is 0 Å². The molecule has 0 bridgehead atoms. The molecule has 0 unspecified atom stereocenters. The summed E-state index contributed by atoms with van der Waals surface area (Å²) in [5.74, 6) is 1.83. The monoisotopic (exact) mass is 245 g/mol. The molecule has 0 aromatic carbocycles. The second-order valence-electron chi connectivity index (χ2n) is 3.97. The highest BCUT2D eigenvalue weighted by molar-refractivity contribution is 5.63. The quantitative estimate of drug-likeness (QED) is 0.878. The number of nitrogens with one attached hydrogen (secondary N) is 1. The number of hydrogen-bond donors (Lipinski definition) is 1. The van der Waals surface area contributed by atoms with Crippen molar-refractivity contribution in [1.29, 1.82) is 0 Å². The first-order valence-corrected chi connectivity index (χ1v) is 6.41. The molecular formula is C13H19N5. The summed E-state index contributed by atoms with van der Waals surface area (Å²) in [6, 6.07) is 0. The van der Waals surface area contributed by atoms with Gasteiger partial charge in [0, 0.05) is 31.0 Å². The fourth-order valence-corrected chi connectivity index (χ4v) is 2.04. The topological polar surface area (TPSA) is 55.6 Å². The predicted octanol–water partition coefficient (Wildman–Crippen LogP) is 2.35. The van der Waals surface area contributed by atoms with Crippen molar-refractivity contribution < 1.29 is 0 Å². The van der Waals surface area contributed by atoms with Crippen LogP contribution in [0.2, 0.25) is 0 Å². The van der Waals surface area contributed by atoms with Crippen molar-refractivity contribution in [3.05, 3.63) is 24.3 Å². The molecule has 0 aliphatic heterocycles. The van der Waals surface area contributed by atoms with E-state index in [9.17, 15) is 0 Å². The zero-order chi connectivity index (χ0) is 13.0. The minimum Gasteiger partial charge on any atom is -0.370 e. The van der Waals surface area contributed by atoms with E-state index in [0.29, 0.717) is 0 Å². The maximum Gasteiger partial charge on any atom is 0.159 e. The van der Waals surface area contributed by atoms with Crippen molar-refractivity contribution in [3.8, 4) is 11.5 Å². The summed E-state index contributed by atoms with van der Waals surface area (Å²) in [5.41, 5.74) is 2.05. The van der Waals surface area contributed by atoms with Crippen molar-refractivity contribution >= 4 is 5.82 Å². The molecule has 0 atom stereocenters. The fraction of sp³-hybridized carbons (Fsp3) is 0.462. The Labute approximate surface area is 107 Å². The van der Waals surface area contributed by atoms with Crippen LogP contribution in [0.5, 0.6) is 0 Å². The van der Waals surface area contributed by atoms with E-state index in [4.69, 9.17) is 0 Å². The Bertz CT molecular complexity index is 518. The molecule has 2 heterocycles. The van der Waals surface area contributed by atoms with Crippen LogP contribution in [-0.2, 0) is 13.0 Å². The molecule has 2 aromatic rings. The Morgan fingerprint density at radius 3 is 2.67 bits per heavy atom. The van der Waals surface area contributed by atoms with E-state index in [1.807, 2.05) is 12.4 Å². The van der Waals surface area contributed by atoms with Crippen molar-refractivity contribution in [3.63, 3.8) is 0 Å². The van der Waals surface area contributed by atoms with E-state index in [-0.39, 0.29) is 0 Å². The minimum absolute atomic E-state index is 0.853. The summed E-state index contributed by atoms with van der Waals surface area (Å²) < 4.78 is 2.09. The molecular weight excluding hydrogens is 226 g/mol. The number of rotatable bonds is 5.